The second-order valence-electron chi connectivity index (χ2n) is 0.122. The molecule has 7 heteroatoms. The summed E-state index contributed by atoms with van der Waals surface area (Å²) in [5.41, 5.74) is 0. The Labute approximate surface area is 89.9 Å². The Kier molecular flexibility index (Phi) is 56.0. The molecule has 7 heavy (non-hydrogen) atoms. The van der Waals surface area contributed by atoms with Gasteiger partial charge in [-0.3, -0.25) is 0 Å². The molecule has 0 aromatic heterocycles. The molecule has 2 N–H and O–H groups in total. The van der Waals surface area contributed by atoms with Gasteiger partial charge in [-0.2, -0.15) is 0 Å². The van der Waals surface area contributed by atoms with E-state index in [-0.39, 0.29) is 45.5 Å². The van der Waals surface area contributed by atoms with Crippen LogP contribution >= 0.6 is 0 Å². The zero-order chi connectivity index (χ0) is 5.41. The summed E-state index contributed by atoms with van der Waals surface area (Å²) in [6.07, 6.45) is 0. The fourth-order valence-corrected chi connectivity index (χ4v) is 0. The predicted molar refractivity (Wildman–Crippen MR) is 11.6 cm³/mol. The SMILES string of the molecule is [O]=[Co-][OH].[O]=[Co-][OH].[Sr+2]. The average Bonchev–Trinajstić information content (AvgIpc) is 1.39. The Bertz CT molecular complexity index is 30.7. The average molecular weight is 271 g/mol. The molecule has 0 aromatic carbocycles. The smallest absolute Gasteiger partial charge is 2.00 e. The van der Waals surface area contributed by atoms with Gasteiger partial charge in [0.15, 0.2) is 0 Å². The van der Waals surface area contributed by atoms with Gasteiger partial charge in [-0.05, 0) is 0 Å². The van der Waals surface area contributed by atoms with Gasteiger partial charge in [0.1, 0.15) is 0 Å². The Hall–Kier alpha value is 2.01. The first-order valence-corrected chi connectivity index (χ1v) is 2.35. The predicted octanol–water partition coefficient (Wildman–Crippen LogP) is -1.74. The van der Waals surface area contributed by atoms with Crippen molar-refractivity contribution in [1.82, 2.24) is 0 Å². The molecule has 0 amide bonds. The van der Waals surface area contributed by atoms with E-state index in [0.717, 1.165) is 0 Å². The maximum atomic E-state index is 8.45. The van der Waals surface area contributed by atoms with Gasteiger partial charge < -0.3 is 0 Å². The first-order chi connectivity index (χ1) is 2.83. The topological polar surface area (TPSA) is 74.6 Å². The van der Waals surface area contributed by atoms with Gasteiger partial charge in [0, 0.05) is 0 Å². The van der Waals surface area contributed by atoms with E-state index in [1.165, 1.54) is 0 Å². The summed E-state index contributed by atoms with van der Waals surface area (Å²) in [6.45, 7) is 0. The summed E-state index contributed by atoms with van der Waals surface area (Å²) >= 11 is -1.62. The molecule has 0 heterocycles. The van der Waals surface area contributed by atoms with Crippen molar-refractivity contribution < 1.29 is 46.1 Å². The summed E-state index contributed by atoms with van der Waals surface area (Å²) in [6, 6.07) is 0. The molecule has 0 aromatic rings. The molecular formula is H2Co2O4Sr. The van der Waals surface area contributed by atoms with Crippen LogP contribution in [0.15, 0.2) is 0 Å². The Morgan fingerprint density at radius 1 is 1.00 bits per heavy atom. The van der Waals surface area contributed by atoms with E-state index in [0.29, 0.717) is 0 Å². The molecule has 0 spiro atoms. The fourth-order valence-electron chi connectivity index (χ4n) is 0. The van der Waals surface area contributed by atoms with Crippen LogP contribution in [0, 0.1) is 0 Å². The van der Waals surface area contributed by atoms with E-state index < -0.39 is 29.9 Å². The maximum absolute atomic E-state index is 8.45. The van der Waals surface area contributed by atoms with Crippen LogP contribution in [0.1, 0.15) is 0 Å². The van der Waals surface area contributed by atoms with Crippen LogP contribution in [0.5, 0.6) is 0 Å². The van der Waals surface area contributed by atoms with E-state index in [1.54, 1.807) is 0 Å². The molecule has 0 aliphatic heterocycles. The third-order valence-electron chi connectivity index (χ3n) is 0. The first kappa shape index (κ1) is 16.0. The molecule has 0 saturated heterocycles. The minimum absolute atomic E-state index is 0. The summed E-state index contributed by atoms with van der Waals surface area (Å²) in [4.78, 5) is 0. The van der Waals surface area contributed by atoms with Crippen molar-refractivity contribution >= 4 is 45.5 Å². The second-order valence-corrected chi connectivity index (χ2v) is 0.502. The summed E-state index contributed by atoms with van der Waals surface area (Å²) in [7, 11) is 0. The summed E-state index contributed by atoms with van der Waals surface area (Å²) in [5.74, 6) is 0. The van der Waals surface area contributed by atoms with Crippen molar-refractivity contribution in [2.24, 2.45) is 0 Å². The van der Waals surface area contributed by atoms with Gasteiger partial charge in [0.05, 0.1) is 0 Å². The van der Waals surface area contributed by atoms with Crippen LogP contribution in [0.4, 0.5) is 0 Å². The van der Waals surface area contributed by atoms with Crippen LogP contribution in [0.3, 0.4) is 0 Å². The molecule has 0 unspecified atom stereocenters. The largest absolute Gasteiger partial charge is 2.00 e. The molecular weight excluding hydrogens is 269 g/mol. The minimum Gasteiger partial charge on any atom is 2.00 e. The molecule has 0 saturated carbocycles. The summed E-state index contributed by atoms with van der Waals surface area (Å²) in [5, 5.41) is 0. The number of rotatable bonds is 0. The maximum Gasteiger partial charge on any atom is 2.00 e. The van der Waals surface area contributed by atoms with Gasteiger partial charge in [0.2, 0.25) is 0 Å². The van der Waals surface area contributed by atoms with E-state index >= 15 is 0 Å². The van der Waals surface area contributed by atoms with E-state index in [2.05, 4.69) is 0 Å². The second kappa shape index (κ2) is 24.5. The van der Waals surface area contributed by atoms with Crippen LogP contribution in [-0.4, -0.2) is 53.9 Å². The zero-order valence-electron chi connectivity index (χ0n) is 3.08. The van der Waals surface area contributed by atoms with E-state index in [9.17, 15) is 0 Å². The number of hydrogen-bond acceptors (Lipinski definition) is 2. The molecule has 46 valence electrons. The Morgan fingerprint density at radius 3 is 1.00 bits per heavy atom. The molecule has 0 aliphatic rings. The third-order valence-corrected chi connectivity index (χ3v) is 0. The van der Waals surface area contributed by atoms with Crippen LogP contribution in [0.25, 0.3) is 0 Å². The molecule has 0 radical (unpaired) electrons. The standard InChI is InChI=1S/2Co.2H2O.2O.Sr/h;;2*1H2;;;/q;;;;;;+2/p-2. The monoisotopic (exact) mass is 272 g/mol. The van der Waals surface area contributed by atoms with Gasteiger partial charge in [-0.1, -0.05) is 0 Å². The quantitative estimate of drug-likeness (QED) is 0.513. The van der Waals surface area contributed by atoms with Gasteiger partial charge in [0.25, 0.3) is 0 Å². The first-order valence-electron chi connectivity index (χ1n) is 0.570. The van der Waals surface area contributed by atoms with Crippen molar-refractivity contribution in [3.8, 4) is 0 Å². The van der Waals surface area contributed by atoms with Crippen molar-refractivity contribution in [3.05, 3.63) is 0 Å². The Morgan fingerprint density at radius 2 is 1.00 bits per heavy atom. The van der Waals surface area contributed by atoms with Crippen molar-refractivity contribution in [2.75, 3.05) is 0 Å². The molecule has 0 aliphatic carbocycles. The fraction of sp³-hybridized carbons (Fsp3) is 0. The van der Waals surface area contributed by atoms with Gasteiger partial charge >= 0.3 is 91.6 Å². The molecule has 0 bridgehead atoms. The van der Waals surface area contributed by atoms with Crippen molar-refractivity contribution in [2.45, 2.75) is 0 Å². The van der Waals surface area contributed by atoms with Crippen LogP contribution < -0.4 is 0 Å². The molecule has 0 fully saturated rings. The number of hydrogen-bond donors (Lipinski definition) is 2. The molecule has 4 nitrogen and oxygen atoms in total. The zero-order valence-corrected chi connectivity index (χ0v) is 8.64. The summed E-state index contributed by atoms with van der Waals surface area (Å²) < 4.78 is 30.9. The van der Waals surface area contributed by atoms with Crippen molar-refractivity contribution in [1.29, 1.82) is 0 Å². The third kappa shape index (κ3) is 71.5. The van der Waals surface area contributed by atoms with Gasteiger partial charge in [-0.15, -0.1) is 0 Å². The van der Waals surface area contributed by atoms with Crippen LogP contribution in [-0.2, 0) is 37.6 Å². The van der Waals surface area contributed by atoms with Gasteiger partial charge in [-0.25, -0.2) is 0 Å². The molecule has 0 atom stereocenters. The van der Waals surface area contributed by atoms with E-state index in [1.807, 2.05) is 0 Å². The Balaban J connectivity index is -0.0000000400. The molecule has 0 rings (SSSR count). The van der Waals surface area contributed by atoms with Crippen molar-refractivity contribution in [3.63, 3.8) is 0 Å². The van der Waals surface area contributed by atoms with Crippen LogP contribution in [0.2, 0.25) is 0 Å². The van der Waals surface area contributed by atoms with E-state index in [4.69, 9.17) is 16.2 Å². The minimum atomic E-state index is -0.812. The normalized spacial score (nSPS) is 6.00.